The van der Waals surface area contributed by atoms with Crippen molar-refractivity contribution in [1.29, 1.82) is 0 Å². The Bertz CT molecular complexity index is 771. The highest BCUT2D eigenvalue weighted by Crippen LogP contribution is 2.37. The van der Waals surface area contributed by atoms with Crippen LogP contribution < -0.4 is 0 Å². The van der Waals surface area contributed by atoms with Gasteiger partial charge in [-0.1, -0.05) is 53.6 Å². The highest BCUT2D eigenvalue weighted by molar-refractivity contribution is 5.45. The molecule has 2 nitrogen and oxygen atoms in total. The van der Waals surface area contributed by atoms with Crippen LogP contribution in [0.5, 0.6) is 5.75 Å². The number of benzene rings is 2. The largest absolute Gasteiger partial charge is 0.508 e. The van der Waals surface area contributed by atoms with Crippen molar-refractivity contribution in [3.63, 3.8) is 0 Å². The Balaban J connectivity index is 1.99. The van der Waals surface area contributed by atoms with E-state index in [1.54, 1.807) is 0 Å². The molecule has 1 unspecified atom stereocenters. The molecule has 2 aromatic rings. The average molecular weight is 319 g/mol. The van der Waals surface area contributed by atoms with E-state index < -0.39 is 0 Å². The second-order valence-corrected chi connectivity index (χ2v) is 6.76. The van der Waals surface area contributed by atoms with E-state index in [1.165, 1.54) is 22.3 Å². The van der Waals surface area contributed by atoms with Crippen molar-refractivity contribution in [2.24, 2.45) is 0 Å². The zero-order valence-corrected chi connectivity index (χ0v) is 14.7. The lowest BCUT2D eigenvalue weighted by atomic mass is 9.84. The van der Waals surface area contributed by atoms with E-state index >= 15 is 0 Å². The zero-order valence-electron chi connectivity index (χ0n) is 14.7. The monoisotopic (exact) mass is 319 g/mol. The summed E-state index contributed by atoms with van der Waals surface area (Å²) < 4.78 is 0. The maximum Gasteiger partial charge on any atom is 0.119 e. The maximum absolute atomic E-state index is 10.4. The van der Waals surface area contributed by atoms with E-state index in [2.05, 4.69) is 74.5 Å². The van der Waals surface area contributed by atoms with Crippen molar-refractivity contribution < 1.29 is 5.11 Å². The highest BCUT2D eigenvalue weighted by atomic mass is 16.3. The number of phenols is 1. The number of aryl methyl sites for hydroxylation is 2. The lowest BCUT2D eigenvalue weighted by Gasteiger charge is -2.23. The molecule has 0 fully saturated rings. The normalized spacial score (nSPS) is 15.3. The molecule has 2 heteroatoms. The molecule has 124 valence electrons. The number of nitrogens with zero attached hydrogens (tertiary/aromatic N) is 1. The molecule has 0 amide bonds. The van der Waals surface area contributed by atoms with E-state index in [1.807, 2.05) is 12.1 Å². The number of aromatic hydroxyl groups is 1. The van der Waals surface area contributed by atoms with Gasteiger partial charge >= 0.3 is 0 Å². The van der Waals surface area contributed by atoms with Gasteiger partial charge in [-0.25, -0.2) is 0 Å². The average Bonchev–Trinajstić information content (AvgIpc) is 2.58. The second-order valence-electron chi connectivity index (χ2n) is 6.76. The molecule has 0 aliphatic carbocycles. The molecule has 1 N–H and O–H groups in total. The summed E-state index contributed by atoms with van der Waals surface area (Å²) in [6.07, 6.45) is 7.47. The first-order valence-corrected chi connectivity index (χ1v) is 8.46. The number of phenolic OH excluding ortho intramolecular Hbond substituents is 1. The second kappa shape index (κ2) is 6.96. The molecule has 1 heterocycles. The summed E-state index contributed by atoms with van der Waals surface area (Å²) in [6, 6.07) is 14.5. The SMILES string of the molecule is Cc1ccc(C(CC2=CCN(C)C=C2)c2cc(C)ccc2O)cc1. The van der Waals surface area contributed by atoms with Crippen LogP contribution in [-0.2, 0) is 0 Å². The standard InChI is InChI=1S/C22H25NO/c1-16-4-7-19(8-5-16)20(15-18-10-12-23(3)13-11-18)21-14-17(2)6-9-22(21)24/h4-12,14,20,24H,13,15H2,1-3H3. The molecular formula is C22H25NO. The summed E-state index contributed by atoms with van der Waals surface area (Å²) in [6.45, 7) is 5.11. The smallest absolute Gasteiger partial charge is 0.119 e. The van der Waals surface area contributed by atoms with Crippen LogP contribution in [0.15, 0.2) is 66.4 Å². The van der Waals surface area contributed by atoms with E-state index in [9.17, 15) is 5.11 Å². The summed E-state index contributed by atoms with van der Waals surface area (Å²) in [5.74, 6) is 0.536. The molecule has 0 spiro atoms. The summed E-state index contributed by atoms with van der Waals surface area (Å²) in [7, 11) is 2.08. The van der Waals surface area contributed by atoms with E-state index in [0.717, 1.165) is 18.5 Å². The van der Waals surface area contributed by atoms with Crippen LogP contribution >= 0.6 is 0 Å². The first-order chi connectivity index (χ1) is 11.5. The van der Waals surface area contributed by atoms with Gasteiger partial charge < -0.3 is 10.0 Å². The molecule has 24 heavy (non-hydrogen) atoms. The van der Waals surface area contributed by atoms with Crippen molar-refractivity contribution in [2.75, 3.05) is 13.6 Å². The number of hydrogen-bond acceptors (Lipinski definition) is 2. The van der Waals surface area contributed by atoms with Crippen molar-refractivity contribution in [2.45, 2.75) is 26.2 Å². The van der Waals surface area contributed by atoms with Crippen molar-refractivity contribution in [1.82, 2.24) is 4.90 Å². The predicted molar refractivity (Wildman–Crippen MR) is 100 cm³/mol. The highest BCUT2D eigenvalue weighted by Gasteiger charge is 2.19. The van der Waals surface area contributed by atoms with Gasteiger partial charge in [0.2, 0.25) is 0 Å². The first-order valence-electron chi connectivity index (χ1n) is 8.46. The minimum atomic E-state index is 0.157. The minimum Gasteiger partial charge on any atom is -0.508 e. The van der Waals surface area contributed by atoms with Crippen molar-refractivity contribution in [3.05, 3.63) is 88.6 Å². The van der Waals surface area contributed by atoms with Crippen LogP contribution in [0.25, 0.3) is 0 Å². The molecule has 1 aliphatic heterocycles. The number of likely N-dealkylation sites (N-methyl/N-ethyl adjacent to an activating group) is 1. The van der Waals surface area contributed by atoms with Gasteiger partial charge in [-0.05, 0) is 49.7 Å². The molecule has 0 saturated heterocycles. The number of hydrogen-bond donors (Lipinski definition) is 1. The molecule has 1 aliphatic rings. The lowest BCUT2D eigenvalue weighted by molar-refractivity contribution is 0.463. The van der Waals surface area contributed by atoms with E-state index in [0.29, 0.717) is 5.75 Å². The zero-order chi connectivity index (χ0) is 17.1. The Morgan fingerprint density at radius 1 is 1.04 bits per heavy atom. The van der Waals surface area contributed by atoms with Gasteiger partial charge in [0.1, 0.15) is 5.75 Å². The van der Waals surface area contributed by atoms with Crippen molar-refractivity contribution in [3.8, 4) is 5.75 Å². The molecule has 3 rings (SSSR count). The Hall–Kier alpha value is -2.48. The number of allylic oxidation sites excluding steroid dienone is 2. The summed E-state index contributed by atoms with van der Waals surface area (Å²) in [4.78, 5) is 2.16. The van der Waals surface area contributed by atoms with Crippen LogP contribution in [-0.4, -0.2) is 23.6 Å². The van der Waals surface area contributed by atoms with Gasteiger partial charge in [0, 0.05) is 25.1 Å². The minimum absolute atomic E-state index is 0.157. The van der Waals surface area contributed by atoms with Gasteiger partial charge in [0.15, 0.2) is 0 Å². The molecule has 0 saturated carbocycles. The van der Waals surface area contributed by atoms with Crippen molar-refractivity contribution >= 4 is 0 Å². The Labute approximate surface area is 144 Å². The Morgan fingerprint density at radius 3 is 2.42 bits per heavy atom. The fourth-order valence-electron chi connectivity index (χ4n) is 3.16. The molecule has 0 bridgehead atoms. The van der Waals surface area contributed by atoms with Crippen LogP contribution in [0.3, 0.4) is 0 Å². The molecule has 0 aromatic heterocycles. The fraction of sp³-hybridized carbons (Fsp3) is 0.273. The molecule has 0 radical (unpaired) electrons. The van der Waals surface area contributed by atoms with E-state index in [4.69, 9.17) is 0 Å². The van der Waals surface area contributed by atoms with Gasteiger partial charge in [-0.15, -0.1) is 0 Å². The van der Waals surface area contributed by atoms with Crippen LogP contribution in [0.4, 0.5) is 0 Å². The third kappa shape index (κ3) is 3.70. The predicted octanol–water partition coefficient (Wildman–Crippen LogP) is 4.92. The molecular weight excluding hydrogens is 294 g/mol. The Kier molecular flexibility index (Phi) is 4.75. The van der Waals surface area contributed by atoms with Crippen LogP contribution in [0.1, 0.15) is 34.6 Å². The fourth-order valence-corrected chi connectivity index (χ4v) is 3.16. The topological polar surface area (TPSA) is 23.5 Å². The Morgan fingerprint density at radius 2 is 1.75 bits per heavy atom. The molecule has 2 aromatic carbocycles. The summed E-state index contributed by atoms with van der Waals surface area (Å²) in [5.41, 5.74) is 6.00. The first kappa shape index (κ1) is 16.4. The van der Waals surface area contributed by atoms with E-state index in [-0.39, 0.29) is 5.92 Å². The van der Waals surface area contributed by atoms with Crippen LogP contribution in [0, 0.1) is 13.8 Å². The van der Waals surface area contributed by atoms with Crippen LogP contribution in [0.2, 0.25) is 0 Å². The third-order valence-electron chi connectivity index (χ3n) is 4.66. The van der Waals surface area contributed by atoms with Gasteiger partial charge in [-0.2, -0.15) is 0 Å². The summed E-state index contributed by atoms with van der Waals surface area (Å²) >= 11 is 0. The number of rotatable bonds is 4. The van der Waals surface area contributed by atoms with Gasteiger partial charge in [0.25, 0.3) is 0 Å². The molecule has 1 atom stereocenters. The summed E-state index contributed by atoms with van der Waals surface area (Å²) in [5, 5.41) is 10.4. The quantitative estimate of drug-likeness (QED) is 0.865. The van der Waals surface area contributed by atoms with Gasteiger partial charge in [-0.3, -0.25) is 0 Å². The third-order valence-corrected chi connectivity index (χ3v) is 4.66. The maximum atomic E-state index is 10.4. The lowest BCUT2D eigenvalue weighted by Crippen LogP contribution is -2.14. The van der Waals surface area contributed by atoms with Gasteiger partial charge in [0.05, 0.1) is 0 Å².